The van der Waals surface area contributed by atoms with Gasteiger partial charge >= 0.3 is 0 Å². The quantitative estimate of drug-likeness (QED) is 0.774. The molecule has 1 aromatic carbocycles. The molecule has 4 N–H and O–H groups in total. The van der Waals surface area contributed by atoms with E-state index in [9.17, 15) is 8.42 Å². The van der Waals surface area contributed by atoms with Crippen LogP contribution in [0.25, 0.3) is 0 Å². The molecule has 0 aliphatic rings. The highest BCUT2D eigenvalue weighted by Gasteiger charge is 2.23. The average Bonchev–Trinajstić information content (AvgIpc) is 2.25. The predicted octanol–water partition coefficient (Wildman–Crippen LogP) is 0.635. The first-order valence-electron chi connectivity index (χ1n) is 5.77. The Morgan fingerprint density at radius 3 is 2.37 bits per heavy atom. The average molecular weight is 287 g/mol. The number of anilines is 1. The van der Waals surface area contributed by atoms with Crippen molar-refractivity contribution in [2.24, 2.45) is 5.14 Å². The van der Waals surface area contributed by atoms with Gasteiger partial charge in [-0.15, -0.1) is 0 Å². The zero-order valence-electron chi connectivity index (χ0n) is 11.7. The molecule has 0 atom stereocenters. The molecule has 1 aromatic rings. The van der Waals surface area contributed by atoms with E-state index in [1.54, 1.807) is 12.1 Å². The molecular weight excluding hydrogens is 266 g/mol. The highest BCUT2D eigenvalue weighted by Crippen LogP contribution is 2.28. The van der Waals surface area contributed by atoms with E-state index < -0.39 is 10.0 Å². The van der Waals surface area contributed by atoms with Crippen LogP contribution in [0.1, 0.15) is 13.8 Å². The molecule has 0 fully saturated rings. The lowest BCUT2D eigenvalue weighted by atomic mass is 10.1. The van der Waals surface area contributed by atoms with Gasteiger partial charge < -0.3 is 15.4 Å². The Morgan fingerprint density at radius 2 is 1.89 bits per heavy atom. The third kappa shape index (κ3) is 3.82. The second-order valence-corrected chi connectivity index (χ2v) is 6.74. The van der Waals surface area contributed by atoms with E-state index in [1.165, 1.54) is 6.07 Å². The van der Waals surface area contributed by atoms with Gasteiger partial charge in [0.15, 0.2) is 0 Å². The minimum atomic E-state index is -3.84. The van der Waals surface area contributed by atoms with E-state index in [4.69, 9.17) is 15.6 Å². The van der Waals surface area contributed by atoms with Gasteiger partial charge in [-0.3, -0.25) is 0 Å². The highest BCUT2D eigenvalue weighted by molar-refractivity contribution is 7.89. The summed E-state index contributed by atoms with van der Waals surface area (Å²) in [7, 11) is 0.0344. The van der Waals surface area contributed by atoms with E-state index in [-0.39, 0.29) is 16.1 Å². The summed E-state index contributed by atoms with van der Waals surface area (Å²) < 4.78 is 28.3. The van der Waals surface area contributed by atoms with Crippen LogP contribution in [0, 0.1) is 0 Å². The van der Waals surface area contributed by atoms with E-state index in [1.807, 2.05) is 32.8 Å². The van der Waals surface area contributed by atoms with Gasteiger partial charge in [-0.2, -0.15) is 0 Å². The van der Waals surface area contributed by atoms with Crippen LogP contribution in [0.2, 0.25) is 0 Å². The van der Waals surface area contributed by atoms with Crippen LogP contribution in [-0.4, -0.2) is 39.6 Å². The summed E-state index contributed by atoms with van der Waals surface area (Å²) in [6.07, 6.45) is 0. The maximum atomic E-state index is 11.3. The fourth-order valence-electron chi connectivity index (χ4n) is 1.28. The largest absolute Gasteiger partial charge is 0.489 e. The van der Waals surface area contributed by atoms with Crippen molar-refractivity contribution in [1.29, 1.82) is 0 Å². The summed E-state index contributed by atoms with van der Waals surface area (Å²) in [5.74, 6) is 0.321. The third-order valence-corrected chi connectivity index (χ3v) is 4.09. The van der Waals surface area contributed by atoms with Crippen LogP contribution >= 0.6 is 0 Å². The Balaban J connectivity index is 2.99. The third-order valence-electron chi connectivity index (χ3n) is 3.12. The van der Waals surface area contributed by atoms with Crippen LogP contribution in [0.3, 0.4) is 0 Å². The fraction of sp³-hybridized carbons (Fsp3) is 0.500. The maximum Gasteiger partial charge on any atom is 0.240 e. The van der Waals surface area contributed by atoms with Crippen molar-refractivity contribution < 1.29 is 13.2 Å². The molecule has 0 bridgehead atoms. The van der Waals surface area contributed by atoms with Crippen molar-refractivity contribution in [1.82, 2.24) is 4.90 Å². The van der Waals surface area contributed by atoms with Crippen LogP contribution in [0.15, 0.2) is 23.1 Å². The van der Waals surface area contributed by atoms with Crippen molar-refractivity contribution in [2.75, 3.05) is 26.4 Å². The van der Waals surface area contributed by atoms with E-state index in [0.717, 1.165) is 0 Å². The maximum absolute atomic E-state index is 11.3. The van der Waals surface area contributed by atoms with Gasteiger partial charge in [-0.1, -0.05) is 6.07 Å². The lowest BCUT2D eigenvalue weighted by molar-refractivity contribution is 0.114. The summed E-state index contributed by atoms with van der Waals surface area (Å²) in [6, 6.07) is 4.53. The Hall–Kier alpha value is -1.31. The molecule has 1 rings (SSSR count). The minimum absolute atomic E-state index is 0.0413. The minimum Gasteiger partial charge on any atom is -0.489 e. The number of nitrogens with two attached hydrogens (primary N) is 2. The second kappa shape index (κ2) is 5.36. The smallest absolute Gasteiger partial charge is 0.240 e. The van der Waals surface area contributed by atoms with Gasteiger partial charge in [0.2, 0.25) is 10.0 Å². The van der Waals surface area contributed by atoms with Gasteiger partial charge in [0.05, 0.1) is 5.69 Å². The number of ether oxygens (including phenoxy) is 1. The zero-order valence-corrected chi connectivity index (χ0v) is 12.5. The number of hydrogen-bond acceptors (Lipinski definition) is 5. The topological polar surface area (TPSA) is 98.6 Å². The van der Waals surface area contributed by atoms with Crippen molar-refractivity contribution in [3.05, 3.63) is 18.2 Å². The molecule has 0 unspecified atom stereocenters. The van der Waals surface area contributed by atoms with Crippen molar-refractivity contribution in [3.8, 4) is 5.75 Å². The first-order valence-corrected chi connectivity index (χ1v) is 7.32. The molecule has 0 saturated carbocycles. The number of rotatable bonds is 5. The highest BCUT2D eigenvalue weighted by atomic mass is 32.2. The fourth-order valence-corrected chi connectivity index (χ4v) is 1.96. The van der Waals surface area contributed by atoms with Crippen molar-refractivity contribution in [3.63, 3.8) is 0 Å². The molecule has 0 aromatic heterocycles. The SMILES string of the molecule is CN(C)C(C)(C)COc1cccc(S(N)(=O)=O)c1N. The molecule has 0 amide bonds. The summed E-state index contributed by atoms with van der Waals surface area (Å²) in [4.78, 5) is 1.89. The lowest BCUT2D eigenvalue weighted by Gasteiger charge is -2.32. The molecule has 0 heterocycles. The van der Waals surface area contributed by atoms with Crippen LogP contribution < -0.4 is 15.6 Å². The van der Waals surface area contributed by atoms with E-state index in [2.05, 4.69) is 0 Å². The molecule has 0 aliphatic heterocycles. The lowest BCUT2D eigenvalue weighted by Crippen LogP contribution is -2.43. The summed E-state index contributed by atoms with van der Waals surface area (Å²) in [5, 5.41) is 5.09. The summed E-state index contributed by atoms with van der Waals surface area (Å²) >= 11 is 0. The van der Waals surface area contributed by atoms with Gasteiger partial charge in [-0.25, -0.2) is 13.6 Å². The van der Waals surface area contributed by atoms with Gasteiger partial charge in [0.25, 0.3) is 0 Å². The number of sulfonamides is 1. The zero-order chi connectivity index (χ0) is 14.8. The molecule has 108 valence electrons. The van der Waals surface area contributed by atoms with Gasteiger partial charge in [0.1, 0.15) is 17.3 Å². The van der Waals surface area contributed by atoms with Gasteiger partial charge in [0, 0.05) is 5.54 Å². The number of benzene rings is 1. The predicted molar refractivity (Wildman–Crippen MR) is 75.5 cm³/mol. The van der Waals surface area contributed by atoms with Crippen LogP contribution in [-0.2, 0) is 10.0 Å². The Bertz CT molecular complexity index is 553. The second-order valence-electron chi connectivity index (χ2n) is 5.21. The number of para-hydroxylation sites is 1. The molecule has 0 aliphatic carbocycles. The molecule has 19 heavy (non-hydrogen) atoms. The summed E-state index contributed by atoms with van der Waals surface area (Å²) in [6.45, 7) is 4.39. The number of nitrogens with zero attached hydrogens (tertiary/aromatic N) is 1. The standard InChI is InChI=1S/C12H21N3O3S/c1-12(2,15(3)4)8-18-9-6-5-7-10(11(9)13)19(14,16)17/h5-7H,8,13H2,1-4H3,(H2,14,16,17). The van der Waals surface area contributed by atoms with Crippen LogP contribution in [0.5, 0.6) is 5.75 Å². The first-order chi connectivity index (χ1) is 8.55. The Labute approximate surface area is 114 Å². The number of hydrogen-bond donors (Lipinski definition) is 2. The molecule has 7 heteroatoms. The van der Waals surface area contributed by atoms with Crippen molar-refractivity contribution >= 4 is 15.7 Å². The van der Waals surface area contributed by atoms with Crippen LogP contribution in [0.4, 0.5) is 5.69 Å². The number of nitrogen functional groups attached to an aromatic ring is 1. The van der Waals surface area contributed by atoms with E-state index >= 15 is 0 Å². The molecular formula is C12H21N3O3S. The van der Waals surface area contributed by atoms with E-state index in [0.29, 0.717) is 12.4 Å². The molecule has 0 radical (unpaired) electrons. The monoisotopic (exact) mass is 287 g/mol. The normalized spacial score (nSPS) is 12.7. The first kappa shape index (κ1) is 15.7. The molecule has 0 spiro atoms. The van der Waals surface area contributed by atoms with Crippen molar-refractivity contribution in [2.45, 2.75) is 24.3 Å². The Morgan fingerprint density at radius 1 is 1.32 bits per heavy atom. The van der Waals surface area contributed by atoms with Gasteiger partial charge in [-0.05, 0) is 40.1 Å². The summed E-state index contributed by atoms with van der Waals surface area (Å²) in [5.41, 5.74) is 5.61. The Kier molecular flexibility index (Phi) is 4.44. The number of likely N-dealkylation sites (N-methyl/N-ethyl adjacent to an activating group) is 1. The number of primary sulfonamides is 1. The molecule has 0 saturated heterocycles. The molecule has 6 nitrogen and oxygen atoms in total.